The molecule has 62 valence electrons. The zero-order valence-corrected chi connectivity index (χ0v) is 7.39. The highest BCUT2D eigenvalue weighted by atomic mass is 16.5. The molecule has 1 heterocycles. The van der Waals surface area contributed by atoms with Crippen molar-refractivity contribution in [1.29, 1.82) is 0 Å². The van der Waals surface area contributed by atoms with E-state index in [1.165, 1.54) is 12.8 Å². The zero-order valence-electron chi connectivity index (χ0n) is 7.39. The summed E-state index contributed by atoms with van der Waals surface area (Å²) in [5, 5.41) is 0. The van der Waals surface area contributed by atoms with E-state index in [2.05, 4.69) is 25.7 Å². The average molecular weight is 152 g/mol. The van der Waals surface area contributed by atoms with E-state index < -0.39 is 0 Å². The Morgan fingerprint density at radius 2 is 2.27 bits per heavy atom. The maximum Gasteiger partial charge on any atom is 0.0603 e. The molecule has 0 spiro atoms. The molecule has 1 heteroatoms. The third-order valence-corrected chi connectivity index (χ3v) is 1.74. The van der Waals surface area contributed by atoms with Crippen LogP contribution in [-0.2, 0) is 4.74 Å². The fourth-order valence-corrected chi connectivity index (χ4v) is 1.14. The van der Waals surface area contributed by atoms with Gasteiger partial charge in [0.05, 0.1) is 6.61 Å². The van der Waals surface area contributed by atoms with Crippen LogP contribution < -0.4 is 0 Å². The van der Waals surface area contributed by atoms with Gasteiger partial charge in [0.15, 0.2) is 0 Å². The van der Waals surface area contributed by atoms with E-state index >= 15 is 0 Å². The van der Waals surface area contributed by atoms with Crippen LogP contribution in [0.15, 0.2) is 0 Å². The van der Waals surface area contributed by atoms with Crippen LogP contribution in [0.5, 0.6) is 0 Å². The summed E-state index contributed by atoms with van der Waals surface area (Å²) in [6.45, 7) is 6.02. The number of hydrogen-bond donors (Lipinski definition) is 0. The topological polar surface area (TPSA) is 9.23 Å². The molecule has 0 amide bonds. The van der Waals surface area contributed by atoms with Crippen molar-refractivity contribution in [3.8, 4) is 11.8 Å². The lowest BCUT2D eigenvalue weighted by Crippen LogP contribution is -2.15. The van der Waals surface area contributed by atoms with Crippen molar-refractivity contribution in [2.75, 3.05) is 13.2 Å². The molecule has 0 aliphatic carbocycles. The van der Waals surface area contributed by atoms with E-state index in [4.69, 9.17) is 4.74 Å². The smallest absolute Gasteiger partial charge is 0.0603 e. The summed E-state index contributed by atoms with van der Waals surface area (Å²) >= 11 is 0. The van der Waals surface area contributed by atoms with Crippen LogP contribution in [0.25, 0.3) is 0 Å². The van der Waals surface area contributed by atoms with Crippen LogP contribution in [0, 0.1) is 23.7 Å². The molecule has 1 fully saturated rings. The van der Waals surface area contributed by atoms with Crippen molar-refractivity contribution in [1.82, 2.24) is 0 Å². The van der Waals surface area contributed by atoms with Gasteiger partial charge in [0.2, 0.25) is 0 Å². The normalized spacial score (nSPS) is 24.5. The van der Waals surface area contributed by atoms with Gasteiger partial charge in [-0.1, -0.05) is 19.8 Å². The average Bonchev–Trinajstić information content (AvgIpc) is 2.03. The summed E-state index contributed by atoms with van der Waals surface area (Å²) in [5.74, 6) is 7.43. The van der Waals surface area contributed by atoms with E-state index in [-0.39, 0.29) is 0 Å². The van der Waals surface area contributed by atoms with Crippen LogP contribution in [-0.4, -0.2) is 13.2 Å². The molecule has 1 unspecified atom stereocenters. The maximum absolute atomic E-state index is 5.31. The lowest BCUT2D eigenvalue weighted by atomic mass is 10.0. The Balaban J connectivity index is 2.31. The van der Waals surface area contributed by atoms with Gasteiger partial charge in [-0.3, -0.25) is 0 Å². The second kappa shape index (κ2) is 4.41. The van der Waals surface area contributed by atoms with Gasteiger partial charge in [-0.15, -0.1) is 5.92 Å². The first-order valence-corrected chi connectivity index (χ1v) is 4.38. The van der Waals surface area contributed by atoms with Crippen LogP contribution in [0.2, 0.25) is 0 Å². The molecule has 0 aromatic carbocycles. The van der Waals surface area contributed by atoms with Crippen molar-refractivity contribution in [2.24, 2.45) is 11.8 Å². The van der Waals surface area contributed by atoms with E-state index in [1.54, 1.807) is 0 Å². The lowest BCUT2D eigenvalue weighted by Gasteiger charge is -2.16. The second-order valence-electron chi connectivity index (χ2n) is 3.36. The predicted molar refractivity (Wildman–Crippen MR) is 46.2 cm³/mol. The summed E-state index contributed by atoms with van der Waals surface area (Å²) in [6, 6.07) is 0. The van der Waals surface area contributed by atoms with Gasteiger partial charge in [0, 0.05) is 18.4 Å². The van der Waals surface area contributed by atoms with Crippen LogP contribution in [0.3, 0.4) is 0 Å². The molecule has 0 saturated carbocycles. The lowest BCUT2D eigenvalue weighted by molar-refractivity contribution is 0.0739. The molecule has 0 bridgehead atoms. The quantitative estimate of drug-likeness (QED) is 0.483. The number of hydrogen-bond acceptors (Lipinski definition) is 1. The van der Waals surface area contributed by atoms with E-state index in [1.807, 2.05) is 0 Å². The largest absolute Gasteiger partial charge is 0.380 e. The highest BCUT2D eigenvalue weighted by Gasteiger charge is 2.09. The van der Waals surface area contributed by atoms with Crippen molar-refractivity contribution in [3.63, 3.8) is 0 Å². The second-order valence-corrected chi connectivity index (χ2v) is 3.36. The molecular weight excluding hydrogens is 136 g/mol. The SMILES string of the molecule is CC(C)C#CC1CCCOC1. The van der Waals surface area contributed by atoms with Crippen molar-refractivity contribution in [2.45, 2.75) is 26.7 Å². The highest BCUT2D eigenvalue weighted by Crippen LogP contribution is 2.12. The summed E-state index contributed by atoms with van der Waals surface area (Å²) in [5.41, 5.74) is 0. The fraction of sp³-hybridized carbons (Fsp3) is 0.800. The van der Waals surface area contributed by atoms with Gasteiger partial charge in [0.25, 0.3) is 0 Å². The summed E-state index contributed by atoms with van der Waals surface area (Å²) in [4.78, 5) is 0. The molecule has 1 aliphatic heterocycles. The van der Waals surface area contributed by atoms with Gasteiger partial charge in [0.1, 0.15) is 0 Å². The first-order chi connectivity index (χ1) is 5.29. The third-order valence-electron chi connectivity index (χ3n) is 1.74. The molecule has 0 aromatic rings. The zero-order chi connectivity index (χ0) is 8.10. The Morgan fingerprint density at radius 1 is 1.45 bits per heavy atom. The fourth-order valence-electron chi connectivity index (χ4n) is 1.14. The molecule has 1 nitrogen and oxygen atoms in total. The van der Waals surface area contributed by atoms with Gasteiger partial charge >= 0.3 is 0 Å². The molecule has 1 aliphatic rings. The minimum absolute atomic E-state index is 0.497. The first kappa shape index (κ1) is 8.62. The summed E-state index contributed by atoms with van der Waals surface area (Å²) < 4.78 is 5.31. The predicted octanol–water partition coefficient (Wildman–Crippen LogP) is 2.07. The van der Waals surface area contributed by atoms with E-state index in [0.717, 1.165) is 13.2 Å². The van der Waals surface area contributed by atoms with Crippen LogP contribution in [0.4, 0.5) is 0 Å². The Bertz CT molecular complexity index is 155. The molecule has 0 radical (unpaired) electrons. The highest BCUT2D eigenvalue weighted by molar-refractivity contribution is 5.06. The molecular formula is C10H16O. The Hall–Kier alpha value is -0.480. The Morgan fingerprint density at radius 3 is 2.82 bits per heavy atom. The van der Waals surface area contributed by atoms with E-state index in [9.17, 15) is 0 Å². The minimum Gasteiger partial charge on any atom is -0.380 e. The molecule has 1 rings (SSSR count). The molecule has 1 saturated heterocycles. The summed E-state index contributed by atoms with van der Waals surface area (Å²) in [7, 11) is 0. The van der Waals surface area contributed by atoms with Gasteiger partial charge < -0.3 is 4.74 Å². The molecule has 11 heavy (non-hydrogen) atoms. The molecule has 0 aromatic heterocycles. The number of ether oxygens (including phenoxy) is 1. The van der Waals surface area contributed by atoms with Crippen molar-refractivity contribution >= 4 is 0 Å². The third kappa shape index (κ3) is 3.43. The Kier molecular flexibility index (Phi) is 3.45. The van der Waals surface area contributed by atoms with Gasteiger partial charge in [-0.05, 0) is 12.8 Å². The monoisotopic (exact) mass is 152 g/mol. The van der Waals surface area contributed by atoms with Crippen molar-refractivity contribution in [3.05, 3.63) is 0 Å². The van der Waals surface area contributed by atoms with Crippen LogP contribution in [0.1, 0.15) is 26.7 Å². The van der Waals surface area contributed by atoms with Gasteiger partial charge in [-0.2, -0.15) is 0 Å². The van der Waals surface area contributed by atoms with Crippen LogP contribution >= 0.6 is 0 Å². The maximum atomic E-state index is 5.31. The first-order valence-electron chi connectivity index (χ1n) is 4.38. The molecule has 0 N–H and O–H groups in total. The minimum atomic E-state index is 0.497. The summed E-state index contributed by atoms with van der Waals surface area (Å²) in [6.07, 6.45) is 2.40. The van der Waals surface area contributed by atoms with Crippen molar-refractivity contribution < 1.29 is 4.74 Å². The van der Waals surface area contributed by atoms with E-state index in [0.29, 0.717) is 11.8 Å². The molecule has 1 atom stereocenters. The Labute approximate surface area is 69.1 Å². The van der Waals surface area contributed by atoms with Gasteiger partial charge in [-0.25, -0.2) is 0 Å². The number of rotatable bonds is 0. The standard InChI is InChI=1S/C10H16O/c1-9(2)5-6-10-4-3-7-11-8-10/h9-10H,3-4,7-8H2,1-2H3.